The van der Waals surface area contributed by atoms with Gasteiger partial charge in [0, 0.05) is 0 Å². The van der Waals surface area contributed by atoms with E-state index in [-0.39, 0.29) is 5.92 Å². The second kappa shape index (κ2) is 10.2. The summed E-state index contributed by atoms with van der Waals surface area (Å²) in [6, 6.07) is 0. The van der Waals surface area contributed by atoms with Crippen molar-refractivity contribution in [3.8, 4) is 0 Å². The summed E-state index contributed by atoms with van der Waals surface area (Å²) in [5, 5.41) is 10.9. The Morgan fingerprint density at radius 1 is 0.952 bits per heavy atom. The zero-order valence-corrected chi connectivity index (χ0v) is 14.0. The van der Waals surface area contributed by atoms with Gasteiger partial charge >= 0.3 is 5.97 Å². The Balaban J connectivity index is 2.68. The predicted molar refractivity (Wildman–Crippen MR) is 86.2 cm³/mol. The van der Waals surface area contributed by atoms with Crippen LogP contribution >= 0.6 is 0 Å². The van der Waals surface area contributed by atoms with Crippen molar-refractivity contribution in [1.29, 1.82) is 0 Å². The van der Waals surface area contributed by atoms with Crippen LogP contribution in [0.2, 0.25) is 0 Å². The molecule has 1 aliphatic rings. The van der Waals surface area contributed by atoms with Crippen molar-refractivity contribution in [3.05, 3.63) is 0 Å². The van der Waals surface area contributed by atoms with Gasteiger partial charge in [0.2, 0.25) is 0 Å². The molecule has 1 atom stereocenters. The summed E-state index contributed by atoms with van der Waals surface area (Å²) in [7, 11) is 0. The monoisotopic (exact) mass is 298 g/mol. The first-order valence-electron chi connectivity index (χ1n) is 9.04. The van der Waals surface area contributed by atoms with Crippen LogP contribution in [0.1, 0.15) is 90.9 Å². The Morgan fingerprint density at radius 3 is 1.76 bits per heavy atom. The average Bonchev–Trinajstić information content (AvgIpc) is 2.47. The lowest BCUT2D eigenvalue weighted by atomic mass is 9.78. The number of hydrogen-bond acceptors (Lipinski definition) is 3. The van der Waals surface area contributed by atoms with Crippen LogP contribution in [-0.4, -0.2) is 23.3 Å². The standard InChI is InChI=1S/C18H34O3/c1-3-18(20,17(19)21-4-2)16-14-12-10-8-6-5-7-9-11-13-15-16/h16,20H,3-15H2,1-2H3. The molecule has 3 nitrogen and oxygen atoms in total. The molecule has 1 N–H and O–H groups in total. The Bertz CT molecular complexity index is 278. The number of carbonyl (C=O) groups excluding carboxylic acids is 1. The van der Waals surface area contributed by atoms with Crippen molar-refractivity contribution in [3.63, 3.8) is 0 Å². The normalized spacial score (nSPS) is 22.6. The number of hydrogen-bond donors (Lipinski definition) is 1. The van der Waals surface area contributed by atoms with Gasteiger partial charge in [-0.25, -0.2) is 4.79 Å². The maximum Gasteiger partial charge on any atom is 0.338 e. The summed E-state index contributed by atoms with van der Waals surface area (Å²) in [6.07, 6.45) is 13.6. The highest BCUT2D eigenvalue weighted by Crippen LogP contribution is 2.33. The Morgan fingerprint density at radius 2 is 1.38 bits per heavy atom. The van der Waals surface area contributed by atoms with Crippen LogP contribution in [0.15, 0.2) is 0 Å². The molecule has 0 aromatic carbocycles. The summed E-state index contributed by atoms with van der Waals surface area (Å²) in [5.74, 6) is -0.356. The number of aliphatic hydroxyl groups is 1. The quantitative estimate of drug-likeness (QED) is 0.771. The van der Waals surface area contributed by atoms with Gasteiger partial charge in [-0.2, -0.15) is 0 Å². The minimum atomic E-state index is -1.28. The van der Waals surface area contributed by atoms with Crippen molar-refractivity contribution in [1.82, 2.24) is 0 Å². The summed E-state index contributed by atoms with van der Waals surface area (Å²) in [4.78, 5) is 12.2. The number of esters is 1. The molecule has 3 heteroatoms. The van der Waals surface area contributed by atoms with Gasteiger partial charge in [0.15, 0.2) is 5.60 Å². The largest absolute Gasteiger partial charge is 0.464 e. The first kappa shape index (κ1) is 18.5. The predicted octanol–water partition coefficient (Wildman–Crippen LogP) is 4.61. The molecule has 1 rings (SSSR count). The van der Waals surface area contributed by atoms with Crippen LogP contribution in [0.25, 0.3) is 0 Å². The molecule has 21 heavy (non-hydrogen) atoms. The van der Waals surface area contributed by atoms with E-state index in [9.17, 15) is 9.90 Å². The third-order valence-corrected chi connectivity index (χ3v) is 4.95. The van der Waals surface area contributed by atoms with Gasteiger partial charge < -0.3 is 9.84 Å². The van der Waals surface area contributed by atoms with Crippen molar-refractivity contribution < 1.29 is 14.6 Å². The summed E-state index contributed by atoms with van der Waals surface area (Å²) >= 11 is 0. The van der Waals surface area contributed by atoms with Crippen LogP contribution in [0, 0.1) is 5.92 Å². The van der Waals surface area contributed by atoms with Crippen LogP contribution in [0.4, 0.5) is 0 Å². The molecular weight excluding hydrogens is 264 g/mol. The molecule has 0 aromatic rings. The molecule has 1 fully saturated rings. The van der Waals surface area contributed by atoms with Crippen molar-refractivity contribution in [2.75, 3.05) is 6.61 Å². The van der Waals surface area contributed by atoms with Gasteiger partial charge in [0.25, 0.3) is 0 Å². The molecule has 1 saturated carbocycles. The summed E-state index contributed by atoms with van der Waals surface area (Å²) in [6.45, 7) is 4.04. The molecule has 0 amide bonds. The van der Waals surface area contributed by atoms with Gasteiger partial charge in [-0.05, 0) is 32.1 Å². The number of rotatable bonds is 4. The molecule has 0 saturated heterocycles. The van der Waals surface area contributed by atoms with Crippen LogP contribution < -0.4 is 0 Å². The molecule has 1 aliphatic carbocycles. The van der Waals surface area contributed by atoms with Gasteiger partial charge in [0.1, 0.15) is 0 Å². The molecule has 0 heterocycles. The molecule has 0 aliphatic heterocycles. The van der Waals surface area contributed by atoms with E-state index in [0.29, 0.717) is 13.0 Å². The molecule has 0 aromatic heterocycles. The zero-order valence-electron chi connectivity index (χ0n) is 14.0. The van der Waals surface area contributed by atoms with E-state index in [1.54, 1.807) is 6.92 Å². The Labute approximate surface area is 130 Å². The van der Waals surface area contributed by atoms with Crippen LogP contribution in [0.5, 0.6) is 0 Å². The van der Waals surface area contributed by atoms with Gasteiger partial charge in [0.05, 0.1) is 6.61 Å². The smallest absolute Gasteiger partial charge is 0.338 e. The first-order valence-corrected chi connectivity index (χ1v) is 9.04. The van der Waals surface area contributed by atoms with E-state index in [1.807, 2.05) is 6.92 Å². The molecular formula is C18H34O3. The van der Waals surface area contributed by atoms with Crippen LogP contribution in [0.3, 0.4) is 0 Å². The molecule has 1 unspecified atom stereocenters. The van der Waals surface area contributed by atoms with E-state index >= 15 is 0 Å². The fourth-order valence-corrected chi connectivity index (χ4v) is 3.50. The van der Waals surface area contributed by atoms with Gasteiger partial charge in [-0.15, -0.1) is 0 Å². The fourth-order valence-electron chi connectivity index (χ4n) is 3.50. The molecule has 0 radical (unpaired) electrons. The van der Waals surface area contributed by atoms with Crippen molar-refractivity contribution >= 4 is 5.97 Å². The lowest BCUT2D eigenvalue weighted by Crippen LogP contribution is -2.46. The molecule has 0 spiro atoms. The summed E-state index contributed by atoms with van der Waals surface area (Å²) < 4.78 is 5.13. The van der Waals surface area contributed by atoms with Crippen LogP contribution in [-0.2, 0) is 9.53 Å². The van der Waals surface area contributed by atoms with E-state index < -0.39 is 11.6 Å². The average molecular weight is 298 g/mol. The van der Waals surface area contributed by atoms with E-state index in [4.69, 9.17) is 4.74 Å². The van der Waals surface area contributed by atoms with E-state index in [0.717, 1.165) is 25.7 Å². The Kier molecular flexibility index (Phi) is 8.98. The van der Waals surface area contributed by atoms with Crippen molar-refractivity contribution in [2.24, 2.45) is 5.92 Å². The third-order valence-electron chi connectivity index (χ3n) is 4.95. The van der Waals surface area contributed by atoms with Crippen molar-refractivity contribution in [2.45, 2.75) is 96.5 Å². The summed E-state index contributed by atoms with van der Waals surface area (Å²) in [5.41, 5.74) is -1.28. The molecule has 0 bridgehead atoms. The third kappa shape index (κ3) is 5.98. The molecule has 124 valence electrons. The zero-order chi connectivity index (χ0) is 15.6. The Hall–Kier alpha value is -0.570. The lowest BCUT2D eigenvalue weighted by Gasteiger charge is -2.33. The second-order valence-corrected chi connectivity index (χ2v) is 6.45. The lowest BCUT2D eigenvalue weighted by molar-refractivity contribution is -0.173. The highest BCUT2D eigenvalue weighted by Gasteiger charge is 2.42. The van der Waals surface area contributed by atoms with E-state index in [2.05, 4.69) is 0 Å². The SMILES string of the molecule is CCOC(=O)C(O)(CC)C1CCCCCCCCCCC1. The second-order valence-electron chi connectivity index (χ2n) is 6.45. The maximum absolute atomic E-state index is 12.2. The van der Waals surface area contributed by atoms with Gasteiger partial charge in [-0.1, -0.05) is 64.7 Å². The number of ether oxygens (including phenoxy) is 1. The van der Waals surface area contributed by atoms with E-state index in [1.165, 1.54) is 44.9 Å². The first-order chi connectivity index (χ1) is 10.1. The number of carbonyl (C=O) groups is 1. The highest BCUT2D eigenvalue weighted by atomic mass is 16.5. The van der Waals surface area contributed by atoms with Gasteiger partial charge in [-0.3, -0.25) is 0 Å². The fraction of sp³-hybridized carbons (Fsp3) is 0.944. The highest BCUT2D eigenvalue weighted by molar-refractivity contribution is 5.79. The minimum Gasteiger partial charge on any atom is -0.464 e. The minimum absolute atomic E-state index is 0.0565. The topological polar surface area (TPSA) is 46.5 Å². The maximum atomic E-state index is 12.2.